The van der Waals surface area contributed by atoms with Crippen LogP contribution in [-0.4, -0.2) is 18.2 Å². The van der Waals surface area contributed by atoms with E-state index in [1.54, 1.807) is 18.2 Å². The third-order valence-corrected chi connectivity index (χ3v) is 4.31. The number of hydrogen-bond acceptors (Lipinski definition) is 2. The normalized spacial score (nSPS) is 22.8. The molecule has 102 valence electrons. The van der Waals surface area contributed by atoms with Gasteiger partial charge in [-0.3, -0.25) is 4.79 Å². The van der Waals surface area contributed by atoms with Crippen LogP contribution in [0.15, 0.2) is 18.2 Å². The minimum atomic E-state index is -0.206. The summed E-state index contributed by atoms with van der Waals surface area (Å²) in [5.41, 5.74) is 0.395. The van der Waals surface area contributed by atoms with Crippen LogP contribution in [0.1, 0.15) is 36.0 Å². The number of halogens is 2. The lowest BCUT2D eigenvalue weighted by Crippen LogP contribution is -2.37. The van der Waals surface area contributed by atoms with E-state index in [1.165, 1.54) is 0 Å². The molecule has 0 aliphatic heterocycles. The third kappa shape index (κ3) is 3.48. The number of carbonyl (C=O) groups is 2. The highest BCUT2D eigenvalue weighted by Crippen LogP contribution is 2.27. The maximum atomic E-state index is 12.1. The molecule has 0 heterocycles. The molecule has 0 spiro atoms. The standard InChI is InChI=1S/C14H15Cl2NO2/c15-12-3-1-2-11(13(12)16)14(19)17-10-6-4-9(8-18)5-7-10/h1-3,8-10H,4-7H2,(H,17,19). The summed E-state index contributed by atoms with van der Waals surface area (Å²) in [7, 11) is 0. The van der Waals surface area contributed by atoms with Crippen molar-refractivity contribution in [2.75, 3.05) is 0 Å². The molecule has 0 unspecified atom stereocenters. The molecule has 0 saturated heterocycles. The maximum absolute atomic E-state index is 12.1. The number of nitrogens with one attached hydrogen (secondary N) is 1. The van der Waals surface area contributed by atoms with Gasteiger partial charge in [0.05, 0.1) is 15.6 Å². The molecule has 1 amide bonds. The molecule has 0 aromatic heterocycles. The van der Waals surface area contributed by atoms with E-state index < -0.39 is 0 Å². The molecule has 19 heavy (non-hydrogen) atoms. The second kappa shape index (κ2) is 6.40. The van der Waals surface area contributed by atoms with Gasteiger partial charge in [0.1, 0.15) is 6.29 Å². The molecule has 0 bridgehead atoms. The largest absolute Gasteiger partial charge is 0.349 e. The van der Waals surface area contributed by atoms with Gasteiger partial charge >= 0.3 is 0 Å². The molecule has 5 heteroatoms. The molecule has 1 aromatic carbocycles. The van der Waals surface area contributed by atoms with E-state index in [-0.39, 0.29) is 22.9 Å². The van der Waals surface area contributed by atoms with Crippen molar-refractivity contribution in [1.82, 2.24) is 5.32 Å². The highest BCUT2D eigenvalue weighted by Gasteiger charge is 2.23. The van der Waals surface area contributed by atoms with Crippen molar-refractivity contribution in [3.8, 4) is 0 Å². The Morgan fingerprint density at radius 2 is 1.89 bits per heavy atom. The van der Waals surface area contributed by atoms with Crippen molar-refractivity contribution >= 4 is 35.4 Å². The quantitative estimate of drug-likeness (QED) is 0.869. The summed E-state index contributed by atoms with van der Waals surface area (Å²) in [6.07, 6.45) is 4.32. The van der Waals surface area contributed by atoms with Crippen molar-refractivity contribution in [1.29, 1.82) is 0 Å². The van der Waals surface area contributed by atoms with Crippen LogP contribution in [0, 0.1) is 5.92 Å². The van der Waals surface area contributed by atoms with E-state index >= 15 is 0 Å². The second-order valence-corrected chi connectivity index (χ2v) is 5.61. The van der Waals surface area contributed by atoms with E-state index in [4.69, 9.17) is 23.2 Å². The molecule has 0 atom stereocenters. The van der Waals surface area contributed by atoms with Gasteiger partial charge in [-0.15, -0.1) is 0 Å². The molecule has 1 fully saturated rings. The Bertz CT molecular complexity index is 482. The number of hydrogen-bond donors (Lipinski definition) is 1. The zero-order valence-corrected chi connectivity index (χ0v) is 11.9. The average molecular weight is 300 g/mol. The first-order valence-electron chi connectivity index (χ1n) is 6.32. The van der Waals surface area contributed by atoms with Crippen LogP contribution in [0.5, 0.6) is 0 Å². The molecule has 1 aliphatic rings. The van der Waals surface area contributed by atoms with E-state index in [0.717, 1.165) is 32.0 Å². The summed E-state index contributed by atoms with van der Waals surface area (Å²) in [6, 6.07) is 5.11. The Kier molecular flexibility index (Phi) is 4.83. The molecule has 1 aromatic rings. The van der Waals surface area contributed by atoms with Gasteiger partial charge in [0.15, 0.2) is 0 Å². The molecule has 3 nitrogen and oxygen atoms in total. The Hall–Kier alpha value is -1.06. The van der Waals surface area contributed by atoms with E-state index in [2.05, 4.69) is 5.32 Å². The molecular weight excluding hydrogens is 285 g/mol. The highest BCUT2D eigenvalue weighted by molar-refractivity contribution is 6.43. The number of amides is 1. The minimum absolute atomic E-state index is 0.110. The summed E-state index contributed by atoms with van der Waals surface area (Å²) >= 11 is 11.9. The number of benzene rings is 1. The smallest absolute Gasteiger partial charge is 0.253 e. The lowest BCUT2D eigenvalue weighted by atomic mass is 9.87. The highest BCUT2D eigenvalue weighted by atomic mass is 35.5. The van der Waals surface area contributed by atoms with Crippen LogP contribution in [0.2, 0.25) is 10.0 Å². The van der Waals surface area contributed by atoms with Crippen LogP contribution >= 0.6 is 23.2 Å². The summed E-state index contributed by atoms with van der Waals surface area (Å²) in [6.45, 7) is 0. The SMILES string of the molecule is O=CC1CCC(NC(=O)c2cccc(Cl)c2Cl)CC1. The van der Waals surface area contributed by atoms with Crippen molar-refractivity contribution in [2.45, 2.75) is 31.7 Å². The molecule has 1 N–H and O–H groups in total. The fraction of sp³-hybridized carbons (Fsp3) is 0.429. The summed E-state index contributed by atoms with van der Waals surface area (Å²) in [4.78, 5) is 22.8. The first-order valence-corrected chi connectivity index (χ1v) is 7.07. The number of carbonyl (C=O) groups excluding carboxylic acids is 2. The van der Waals surface area contributed by atoms with Crippen LogP contribution in [0.4, 0.5) is 0 Å². The number of aldehydes is 1. The maximum Gasteiger partial charge on any atom is 0.253 e. The van der Waals surface area contributed by atoms with Crippen LogP contribution < -0.4 is 5.32 Å². The fourth-order valence-corrected chi connectivity index (χ4v) is 2.73. The Morgan fingerprint density at radius 1 is 1.21 bits per heavy atom. The van der Waals surface area contributed by atoms with Gasteiger partial charge in [0.2, 0.25) is 0 Å². The van der Waals surface area contributed by atoms with Crippen molar-refractivity contribution < 1.29 is 9.59 Å². The zero-order chi connectivity index (χ0) is 13.8. The first kappa shape index (κ1) is 14.4. The third-order valence-electron chi connectivity index (χ3n) is 3.50. The molecule has 0 radical (unpaired) electrons. The second-order valence-electron chi connectivity index (χ2n) is 4.82. The van der Waals surface area contributed by atoms with Crippen LogP contribution in [-0.2, 0) is 4.79 Å². The first-order chi connectivity index (χ1) is 9.11. The van der Waals surface area contributed by atoms with Crippen molar-refractivity contribution in [2.24, 2.45) is 5.92 Å². The lowest BCUT2D eigenvalue weighted by molar-refractivity contribution is -0.111. The van der Waals surface area contributed by atoms with E-state index in [1.807, 2.05) is 0 Å². The number of rotatable bonds is 3. The molecular formula is C14H15Cl2NO2. The molecule has 1 aliphatic carbocycles. The molecule has 1 saturated carbocycles. The van der Waals surface area contributed by atoms with Gasteiger partial charge in [-0.25, -0.2) is 0 Å². The van der Waals surface area contributed by atoms with Gasteiger partial charge in [0, 0.05) is 12.0 Å². The fourth-order valence-electron chi connectivity index (χ4n) is 2.34. The predicted octanol–water partition coefficient (Wildman–Crippen LogP) is 3.48. The average Bonchev–Trinajstić information content (AvgIpc) is 2.42. The van der Waals surface area contributed by atoms with E-state index in [0.29, 0.717) is 10.6 Å². The molecule has 2 rings (SSSR count). The Morgan fingerprint density at radius 3 is 2.53 bits per heavy atom. The summed E-state index contributed by atoms with van der Waals surface area (Å²) in [5.74, 6) is -0.0648. The Balaban J connectivity index is 1.98. The van der Waals surface area contributed by atoms with E-state index in [9.17, 15) is 9.59 Å². The van der Waals surface area contributed by atoms with Crippen LogP contribution in [0.25, 0.3) is 0 Å². The lowest BCUT2D eigenvalue weighted by Gasteiger charge is -2.26. The monoisotopic (exact) mass is 299 g/mol. The Labute approximate surface area is 122 Å². The summed E-state index contributed by atoms with van der Waals surface area (Å²) in [5, 5.41) is 3.60. The van der Waals surface area contributed by atoms with Gasteiger partial charge in [-0.1, -0.05) is 29.3 Å². The topological polar surface area (TPSA) is 46.2 Å². The van der Waals surface area contributed by atoms with Crippen molar-refractivity contribution in [3.05, 3.63) is 33.8 Å². The minimum Gasteiger partial charge on any atom is -0.349 e. The van der Waals surface area contributed by atoms with Gasteiger partial charge < -0.3 is 10.1 Å². The van der Waals surface area contributed by atoms with Crippen molar-refractivity contribution in [3.63, 3.8) is 0 Å². The predicted molar refractivity (Wildman–Crippen MR) is 75.7 cm³/mol. The summed E-state index contributed by atoms with van der Waals surface area (Å²) < 4.78 is 0. The zero-order valence-electron chi connectivity index (χ0n) is 10.4. The van der Waals surface area contributed by atoms with Gasteiger partial charge in [-0.2, -0.15) is 0 Å². The van der Waals surface area contributed by atoms with Crippen LogP contribution in [0.3, 0.4) is 0 Å². The van der Waals surface area contributed by atoms with Gasteiger partial charge in [0.25, 0.3) is 5.91 Å². The van der Waals surface area contributed by atoms with Gasteiger partial charge in [-0.05, 0) is 37.8 Å².